The highest BCUT2D eigenvalue weighted by atomic mass is 15.2. The Labute approximate surface area is 87.4 Å². The predicted octanol–water partition coefficient (Wildman–Crippen LogP) is 1.78. The molecule has 2 heterocycles. The lowest BCUT2D eigenvalue weighted by atomic mass is 10.0. The van der Waals surface area contributed by atoms with E-state index in [0.717, 1.165) is 18.6 Å². The van der Waals surface area contributed by atoms with E-state index in [-0.39, 0.29) is 0 Å². The Kier molecular flexibility index (Phi) is 3.60. The molecule has 0 aromatic heterocycles. The average molecular weight is 194 g/mol. The highest BCUT2D eigenvalue weighted by molar-refractivity contribution is 4.95. The van der Waals surface area contributed by atoms with Gasteiger partial charge in [-0.2, -0.15) is 0 Å². The first-order chi connectivity index (χ1) is 6.92. The van der Waals surface area contributed by atoms with E-state index in [4.69, 9.17) is 0 Å². The van der Waals surface area contributed by atoms with Crippen molar-refractivity contribution in [2.45, 2.75) is 44.7 Å². The Morgan fingerprint density at radius 2 is 2.29 bits per heavy atom. The Hall–Kier alpha value is -0.340. The van der Waals surface area contributed by atoms with Gasteiger partial charge in [-0.1, -0.05) is 12.2 Å². The quantitative estimate of drug-likeness (QED) is 0.689. The standard InChI is InChI=1S/C12H22N2/c1-2-3-9-14-10-5-7-12(14)11-6-4-8-13-11/h2-3,11-13H,4-10H2,1H3/b3-2+. The molecule has 2 unspecified atom stereocenters. The summed E-state index contributed by atoms with van der Waals surface area (Å²) in [5.74, 6) is 0. The van der Waals surface area contributed by atoms with Gasteiger partial charge in [0, 0.05) is 18.6 Å². The van der Waals surface area contributed by atoms with Gasteiger partial charge in [0.05, 0.1) is 0 Å². The van der Waals surface area contributed by atoms with Crippen molar-refractivity contribution < 1.29 is 0 Å². The minimum absolute atomic E-state index is 0.780. The number of nitrogens with one attached hydrogen (secondary N) is 1. The van der Waals surface area contributed by atoms with Gasteiger partial charge < -0.3 is 5.32 Å². The zero-order valence-electron chi connectivity index (χ0n) is 9.21. The van der Waals surface area contributed by atoms with Crippen LogP contribution < -0.4 is 5.32 Å². The van der Waals surface area contributed by atoms with E-state index in [2.05, 4.69) is 29.3 Å². The molecule has 0 bridgehead atoms. The summed E-state index contributed by atoms with van der Waals surface area (Å²) >= 11 is 0. The van der Waals surface area contributed by atoms with Gasteiger partial charge >= 0.3 is 0 Å². The number of likely N-dealkylation sites (tertiary alicyclic amines) is 1. The van der Waals surface area contributed by atoms with Gasteiger partial charge in [0.1, 0.15) is 0 Å². The fraction of sp³-hybridized carbons (Fsp3) is 0.833. The number of nitrogens with zero attached hydrogens (tertiary/aromatic N) is 1. The van der Waals surface area contributed by atoms with Crippen LogP contribution in [-0.4, -0.2) is 36.6 Å². The summed E-state index contributed by atoms with van der Waals surface area (Å²) in [6, 6.07) is 1.59. The summed E-state index contributed by atoms with van der Waals surface area (Å²) in [5, 5.41) is 3.64. The van der Waals surface area contributed by atoms with Crippen molar-refractivity contribution in [2.24, 2.45) is 0 Å². The molecule has 0 aliphatic carbocycles. The van der Waals surface area contributed by atoms with Crippen molar-refractivity contribution in [3.05, 3.63) is 12.2 Å². The largest absolute Gasteiger partial charge is 0.312 e. The molecule has 2 saturated heterocycles. The third kappa shape index (κ3) is 2.18. The number of allylic oxidation sites excluding steroid dienone is 1. The van der Waals surface area contributed by atoms with Crippen LogP contribution in [0.4, 0.5) is 0 Å². The van der Waals surface area contributed by atoms with E-state index in [1.807, 2.05) is 0 Å². The van der Waals surface area contributed by atoms with Crippen molar-refractivity contribution in [3.8, 4) is 0 Å². The SMILES string of the molecule is C/C=C/CN1CCCC1C1CCCN1. The van der Waals surface area contributed by atoms with E-state index < -0.39 is 0 Å². The van der Waals surface area contributed by atoms with Gasteiger partial charge in [-0.3, -0.25) is 4.90 Å². The maximum absolute atomic E-state index is 3.64. The van der Waals surface area contributed by atoms with Crippen molar-refractivity contribution >= 4 is 0 Å². The van der Waals surface area contributed by atoms with Gasteiger partial charge in [0.2, 0.25) is 0 Å². The highest BCUT2D eigenvalue weighted by Crippen LogP contribution is 2.24. The van der Waals surface area contributed by atoms with Crippen LogP contribution in [0.1, 0.15) is 32.6 Å². The van der Waals surface area contributed by atoms with Gasteiger partial charge in [-0.05, 0) is 45.7 Å². The van der Waals surface area contributed by atoms with E-state index in [0.29, 0.717) is 0 Å². The molecular formula is C12H22N2. The fourth-order valence-electron chi connectivity index (χ4n) is 2.81. The summed E-state index contributed by atoms with van der Waals surface area (Å²) in [6.45, 7) is 5.80. The summed E-state index contributed by atoms with van der Waals surface area (Å²) in [7, 11) is 0. The Morgan fingerprint density at radius 1 is 1.36 bits per heavy atom. The van der Waals surface area contributed by atoms with Gasteiger partial charge in [-0.15, -0.1) is 0 Å². The summed E-state index contributed by atoms with van der Waals surface area (Å²) in [6.07, 6.45) is 10.00. The second-order valence-electron chi connectivity index (χ2n) is 4.48. The molecule has 2 heteroatoms. The molecule has 2 aliphatic heterocycles. The summed E-state index contributed by atoms with van der Waals surface area (Å²) in [5.41, 5.74) is 0. The molecule has 2 rings (SSSR count). The molecule has 0 radical (unpaired) electrons. The van der Waals surface area contributed by atoms with Crippen LogP contribution in [0.2, 0.25) is 0 Å². The summed E-state index contributed by atoms with van der Waals surface area (Å²) < 4.78 is 0. The molecule has 2 fully saturated rings. The first kappa shape index (κ1) is 10.2. The number of hydrogen-bond acceptors (Lipinski definition) is 2. The van der Waals surface area contributed by atoms with E-state index >= 15 is 0 Å². The van der Waals surface area contributed by atoms with Crippen LogP contribution in [0.25, 0.3) is 0 Å². The second-order valence-corrected chi connectivity index (χ2v) is 4.48. The Balaban J connectivity index is 1.88. The third-order valence-electron chi connectivity index (χ3n) is 3.55. The Bertz CT molecular complexity index is 194. The minimum Gasteiger partial charge on any atom is -0.312 e. The molecule has 0 amide bonds. The number of hydrogen-bond donors (Lipinski definition) is 1. The zero-order valence-corrected chi connectivity index (χ0v) is 9.21. The molecule has 2 atom stereocenters. The zero-order chi connectivity index (χ0) is 9.80. The van der Waals surface area contributed by atoms with Crippen LogP contribution in [0.5, 0.6) is 0 Å². The molecule has 0 saturated carbocycles. The monoisotopic (exact) mass is 194 g/mol. The minimum atomic E-state index is 0.780. The lowest BCUT2D eigenvalue weighted by Gasteiger charge is -2.28. The average Bonchev–Trinajstić information content (AvgIpc) is 2.84. The smallest absolute Gasteiger partial charge is 0.0253 e. The molecule has 0 spiro atoms. The predicted molar refractivity (Wildman–Crippen MR) is 60.4 cm³/mol. The third-order valence-corrected chi connectivity index (χ3v) is 3.55. The van der Waals surface area contributed by atoms with Crippen LogP contribution >= 0.6 is 0 Å². The fourth-order valence-corrected chi connectivity index (χ4v) is 2.81. The maximum Gasteiger partial charge on any atom is 0.0253 e. The highest BCUT2D eigenvalue weighted by Gasteiger charge is 2.32. The molecule has 2 nitrogen and oxygen atoms in total. The van der Waals surface area contributed by atoms with E-state index in [9.17, 15) is 0 Å². The van der Waals surface area contributed by atoms with Crippen molar-refractivity contribution in [3.63, 3.8) is 0 Å². The van der Waals surface area contributed by atoms with Crippen LogP contribution in [0, 0.1) is 0 Å². The first-order valence-corrected chi connectivity index (χ1v) is 6.00. The van der Waals surface area contributed by atoms with Gasteiger partial charge in [-0.25, -0.2) is 0 Å². The van der Waals surface area contributed by atoms with E-state index in [1.165, 1.54) is 38.8 Å². The van der Waals surface area contributed by atoms with Gasteiger partial charge in [0.15, 0.2) is 0 Å². The van der Waals surface area contributed by atoms with Gasteiger partial charge in [0.25, 0.3) is 0 Å². The van der Waals surface area contributed by atoms with Crippen molar-refractivity contribution in [1.82, 2.24) is 10.2 Å². The van der Waals surface area contributed by atoms with Crippen LogP contribution in [0.3, 0.4) is 0 Å². The van der Waals surface area contributed by atoms with Crippen molar-refractivity contribution in [2.75, 3.05) is 19.6 Å². The first-order valence-electron chi connectivity index (χ1n) is 6.00. The summed E-state index contributed by atoms with van der Waals surface area (Å²) in [4.78, 5) is 2.64. The van der Waals surface area contributed by atoms with Crippen LogP contribution in [0.15, 0.2) is 12.2 Å². The van der Waals surface area contributed by atoms with E-state index in [1.54, 1.807) is 0 Å². The molecule has 80 valence electrons. The molecule has 14 heavy (non-hydrogen) atoms. The van der Waals surface area contributed by atoms with Crippen LogP contribution in [-0.2, 0) is 0 Å². The topological polar surface area (TPSA) is 15.3 Å². The molecular weight excluding hydrogens is 172 g/mol. The molecule has 1 N–H and O–H groups in total. The van der Waals surface area contributed by atoms with Crippen molar-refractivity contribution in [1.29, 1.82) is 0 Å². The lowest BCUT2D eigenvalue weighted by Crippen LogP contribution is -2.43. The lowest BCUT2D eigenvalue weighted by molar-refractivity contribution is 0.235. The Morgan fingerprint density at radius 3 is 3.00 bits per heavy atom. The maximum atomic E-state index is 3.64. The molecule has 0 aromatic rings. The number of rotatable bonds is 3. The second kappa shape index (κ2) is 4.94. The molecule has 0 aromatic carbocycles. The normalized spacial score (nSPS) is 34.6. The molecule has 2 aliphatic rings.